The molecule has 2 aromatic heterocycles. The summed E-state index contributed by atoms with van der Waals surface area (Å²) in [5.74, 6) is -1.24. The number of piperazine rings is 1. The molecule has 1 amide bonds. The van der Waals surface area contributed by atoms with Crippen LogP contribution in [0.4, 0.5) is 16.0 Å². The molecule has 9 nitrogen and oxygen atoms in total. The number of rotatable bonds is 9. The molecule has 1 fully saturated rings. The van der Waals surface area contributed by atoms with Crippen molar-refractivity contribution in [3.8, 4) is 5.69 Å². The zero-order valence-corrected chi connectivity index (χ0v) is 26.7. The highest BCUT2D eigenvalue weighted by Gasteiger charge is 2.31. The van der Waals surface area contributed by atoms with Gasteiger partial charge in [-0.2, -0.15) is 4.98 Å². The Labute approximate surface area is 271 Å². The highest BCUT2D eigenvalue weighted by Crippen LogP contribution is 2.38. The Morgan fingerprint density at radius 1 is 1.20 bits per heavy atom. The smallest absolute Gasteiger partial charge is 0.350 e. The van der Waals surface area contributed by atoms with Gasteiger partial charge in [0.25, 0.3) is 0 Å². The van der Waals surface area contributed by atoms with Crippen LogP contribution in [0.3, 0.4) is 0 Å². The summed E-state index contributed by atoms with van der Waals surface area (Å²) in [5, 5.41) is 5.19. The number of halogens is 2. The Hall–Kier alpha value is -4.96. The van der Waals surface area contributed by atoms with Gasteiger partial charge >= 0.3 is 5.69 Å². The second kappa shape index (κ2) is 13.6. The van der Waals surface area contributed by atoms with E-state index in [1.807, 2.05) is 32.0 Å². The molecule has 0 saturated carbocycles. The molecule has 11 heteroatoms. The van der Waals surface area contributed by atoms with E-state index in [1.165, 1.54) is 6.08 Å². The van der Waals surface area contributed by atoms with Crippen LogP contribution in [-0.4, -0.2) is 51.0 Å². The first-order chi connectivity index (χ1) is 22.1. The van der Waals surface area contributed by atoms with Crippen molar-refractivity contribution in [1.29, 1.82) is 0 Å². The van der Waals surface area contributed by atoms with Gasteiger partial charge in [-0.05, 0) is 66.2 Å². The molecule has 0 aliphatic carbocycles. The molecule has 1 aliphatic heterocycles. The molecular weight excluding hydrogens is 607 g/mol. The Morgan fingerprint density at radius 2 is 1.93 bits per heavy atom. The van der Waals surface area contributed by atoms with E-state index in [1.54, 1.807) is 47.2 Å². The van der Waals surface area contributed by atoms with Crippen LogP contribution in [0, 0.1) is 11.8 Å². The first kappa shape index (κ1) is 32.4. The number of nitrogens with zero attached hydrogens (tertiary/aromatic N) is 6. The van der Waals surface area contributed by atoms with Crippen LogP contribution >= 0.6 is 11.6 Å². The number of hydrogen-bond donors (Lipinski definition) is 0. The summed E-state index contributed by atoms with van der Waals surface area (Å²) in [6, 6.07) is 12.2. The van der Waals surface area contributed by atoms with Crippen molar-refractivity contribution in [2.24, 2.45) is 5.18 Å². The maximum absolute atomic E-state index is 16.5. The number of carbonyl (C=O) groups excluding carboxylic acids is 1. The molecule has 0 radical (unpaired) electrons. The second-order valence-electron chi connectivity index (χ2n) is 11.2. The van der Waals surface area contributed by atoms with Gasteiger partial charge in [-0.1, -0.05) is 68.4 Å². The first-order valence-corrected chi connectivity index (χ1v) is 15.4. The highest BCUT2D eigenvalue weighted by atomic mass is 35.5. The number of nitroso groups, excluding NO2 is 1. The average Bonchev–Trinajstić information content (AvgIpc) is 3.05. The lowest BCUT2D eigenvalue weighted by Gasteiger charge is -2.40. The van der Waals surface area contributed by atoms with Gasteiger partial charge in [0.05, 0.1) is 16.9 Å². The SMILES string of the molecule is C=CC(=O)N1CCN(c2nc(=O)n(-c3c(C)ccnc3CCC)c(N=O)c2/C=C(/F)C(=C)c2cccc3cccc(Cl)c23)[C@@H](C)C1. The minimum absolute atomic E-state index is 0.000586. The number of carbonyl (C=O) groups is 1. The van der Waals surface area contributed by atoms with E-state index in [-0.39, 0.29) is 41.3 Å². The Morgan fingerprint density at radius 3 is 2.61 bits per heavy atom. The van der Waals surface area contributed by atoms with Crippen LogP contribution in [0.25, 0.3) is 28.1 Å². The molecule has 1 aliphatic rings. The summed E-state index contributed by atoms with van der Waals surface area (Å²) in [4.78, 5) is 51.3. The van der Waals surface area contributed by atoms with Gasteiger partial charge in [-0.25, -0.2) is 13.8 Å². The molecular formula is C35H34ClFN6O3. The number of allylic oxidation sites excluding steroid dienone is 2. The van der Waals surface area contributed by atoms with Gasteiger partial charge in [-0.3, -0.25) is 9.78 Å². The summed E-state index contributed by atoms with van der Waals surface area (Å²) in [7, 11) is 0. The lowest BCUT2D eigenvalue weighted by atomic mass is 9.97. The van der Waals surface area contributed by atoms with Crippen molar-refractivity contribution in [2.75, 3.05) is 24.5 Å². The topological polar surface area (TPSA) is 101 Å². The normalized spacial score (nSPS) is 15.2. The molecule has 46 heavy (non-hydrogen) atoms. The maximum atomic E-state index is 16.5. The summed E-state index contributed by atoms with van der Waals surface area (Å²) < 4.78 is 17.6. The summed E-state index contributed by atoms with van der Waals surface area (Å²) in [6.07, 6.45) is 5.28. The molecule has 1 saturated heterocycles. The van der Waals surface area contributed by atoms with Gasteiger partial charge in [0.2, 0.25) is 5.91 Å². The standard InChI is InChI=1S/C35H34ClFN6O3/c1-6-10-29-32(21(3)15-16-38-29)43-34(40-46)26(33(39-35(43)45)42-18-17-41(20-22(42)4)30(44)7-2)19-28(37)23(5)25-13-8-11-24-12-9-14-27(36)31(24)25/h7-9,11-16,19,22H,2,5-6,10,17-18,20H2,1,3-4H3/b28-19+/t22-/m0/s1. The van der Waals surface area contributed by atoms with Crippen molar-refractivity contribution in [3.05, 3.63) is 117 Å². The van der Waals surface area contributed by atoms with Crippen LogP contribution in [0.15, 0.2) is 83.7 Å². The van der Waals surface area contributed by atoms with Gasteiger partial charge in [0.15, 0.2) is 5.82 Å². The number of aryl methyl sites for hydroxylation is 2. The number of hydrogen-bond acceptors (Lipinski definition) is 7. The number of benzene rings is 2. The molecule has 0 spiro atoms. The molecule has 4 aromatic rings. The van der Waals surface area contributed by atoms with Gasteiger partial charge in [0, 0.05) is 47.9 Å². The van der Waals surface area contributed by atoms with Crippen LogP contribution in [0.1, 0.15) is 42.7 Å². The van der Waals surface area contributed by atoms with Crippen molar-refractivity contribution in [2.45, 2.75) is 39.7 Å². The molecule has 0 bridgehead atoms. The van der Waals surface area contributed by atoms with Crippen molar-refractivity contribution >= 4 is 51.6 Å². The molecule has 1 atom stereocenters. The van der Waals surface area contributed by atoms with Crippen molar-refractivity contribution in [3.63, 3.8) is 0 Å². The number of aromatic nitrogens is 3. The molecule has 3 heterocycles. The molecule has 0 unspecified atom stereocenters. The highest BCUT2D eigenvalue weighted by molar-refractivity contribution is 6.36. The molecule has 236 valence electrons. The van der Waals surface area contributed by atoms with E-state index >= 15 is 4.39 Å². The van der Waals surface area contributed by atoms with E-state index in [4.69, 9.17) is 11.6 Å². The number of amides is 1. The largest absolute Gasteiger partial charge is 0.356 e. The predicted octanol–water partition coefficient (Wildman–Crippen LogP) is 7.34. The zero-order chi connectivity index (χ0) is 33.1. The lowest BCUT2D eigenvalue weighted by Crippen LogP contribution is -2.54. The minimum Gasteiger partial charge on any atom is -0.350 e. The lowest BCUT2D eigenvalue weighted by molar-refractivity contribution is -0.126. The van der Waals surface area contributed by atoms with Crippen molar-refractivity contribution in [1.82, 2.24) is 19.4 Å². The van der Waals surface area contributed by atoms with E-state index in [0.29, 0.717) is 52.4 Å². The van der Waals surface area contributed by atoms with E-state index in [2.05, 4.69) is 28.3 Å². The number of fused-ring (bicyclic) bond motifs is 1. The molecule has 0 N–H and O–H groups in total. The third-order valence-electron chi connectivity index (χ3n) is 8.21. The Kier molecular flexibility index (Phi) is 9.57. The second-order valence-corrected chi connectivity index (χ2v) is 11.6. The molecule has 5 rings (SSSR count). The zero-order valence-electron chi connectivity index (χ0n) is 26.0. The van der Waals surface area contributed by atoms with Crippen LogP contribution in [0.2, 0.25) is 5.02 Å². The van der Waals surface area contributed by atoms with Crippen LogP contribution in [0.5, 0.6) is 0 Å². The summed E-state index contributed by atoms with van der Waals surface area (Å²) in [6.45, 7) is 14.1. The van der Waals surface area contributed by atoms with E-state index in [9.17, 15) is 14.5 Å². The predicted molar refractivity (Wildman–Crippen MR) is 182 cm³/mol. The van der Waals surface area contributed by atoms with E-state index in [0.717, 1.165) is 22.5 Å². The van der Waals surface area contributed by atoms with Gasteiger partial charge in [-0.15, -0.1) is 4.91 Å². The van der Waals surface area contributed by atoms with Crippen molar-refractivity contribution < 1.29 is 9.18 Å². The maximum Gasteiger partial charge on any atom is 0.356 e. The Balaban J connectivity index is 1.75. The monoisotopic (exact) mass is 640 g/mol. The fourth-order valence-corrected chi connectivity index (χ4v) is 6.26. The first-order valence-electron chi connectivity index (χ1n) is 15.0. The summed E-state index contributed by atoms with van der Waals surface area (Å²) >= 11 is 6.53. The van der Waals surface area contributed by atoms with Crippen LogP contribution < -0.4 is 10.6 Å². The van der Waals surface area contributed by atoms with E-state index < -0.39 is 11.5 Å². The van der Waals surface area contributed by atoms with Gasteiger partial charge < -0.3 is 9.80 Å². The number of anilines is 1. The molecule has 2 aromatic carbocycles. The quantitative estimate of drug-likeness (QED) is 0.108. The average molecular weight is 641 g/mol. The summed E-state index contributed by atoms with van der Waals surface area (Å²) in [5.41, 5.74) is 1.38. The fourth-order valence-electron chi connectivity index (χ4n) is 5.97. The van der Waals surface area contributed by atoms with Gasteiger partial charge in [0.1, 0.15) is 11.6 Å². The fraction of sp³-hybridized carbons (Fsp3) is 0.257. The minimum atomic E-state index is -0.768. The third kappa shape index (κ3) is 6.00. The Bertz CT molecular complexity index is 1970. The number of pyridine rings is 1. The third-order valence-corrected chi connectivity index (χ3v) is 8.52. The van der Waals surface area contributed by atoms with Crippen LogP contribution in [-0.2, 0) is 11.2 Å².